The van der Waals surface area contributed by atoms with E-state index in [-0.39, 0.29) is 0 Å². The average molecular weight is 144 g/mol. The van der Waals surface area contributed by atoms with Crippen LogP contribution in [0.1, 0.15) is 20.3 Å². The highest BCUT2D eigenvalue weighted by Gasteiger charge is 2.13. The summed E-state index contributed by atoms with van der Waals surface area (Å²) in [5, 5.41) is 4.57. The van der Waals surface area contributed by atoms with Crippen molar-refractivity contribution in [1.82, 2.24) is 5.43 Å². The highest BCUT2D eigenvalue weighted by Crippen LogP contribution is 2.17. The highest BCUT2D eigenvalue weighted by atomic mass is 35.5. The molecule has 1 heterocycles. The van der Waals surface area contributed by atoms with Crippen LogP contribution in [0.4, 0.5) is 0 Å². The standard InChI is InChI=1S/C6H8ClN2/c1-3-5-6(7)4(2)8-9-5/h3H2,1-2H3. The molecule has 0 saturated heterocycles. The van der Waals surface area contributed by atoms with Gasteiger partial charge in [-0.1, -0.05) is 18.5 Å². The van der Waals surface area contributed by atoms with Crippen molar-refractivity contribution in [2.75, 3.05) is 0 Å². The Kier molecular flexibility index (Phi) is 1.76. The predicted octanol–water partition coefficient (Wildman–Crippen LogP) is 1.84. The zero-order valence-electron chi connectivity index (χ0n) is 5.48. The Morgan fingerprint density at radius 2 is 2.22 bits per heavy atom. The van der Waals surface area contributed by atoms with Crippen molar-refractivity contribution in [2.24, 2.45) is 5.10 Å². The molecular formula is C6H8ClN2. The Labute approximate surface area is 59.6 Å². The predicted molar refractivity (Wildman–Crippen MR) is 38.4 cm³/mol. The van der Waals surface area contributed by atoms with Crippen LogP contribution in [-0.2, 0) is 0 Å². The molecule has 3 heteroatoms. The van der Waals surface area contributed by atoms with Crippen molar-refractivity contribution >= 4 is 17.3 Å². The lowest BCUT2D eigenvalue weighted by molar-refractivity contribution is 0.890. The molecule has 1 rings (SSSR count). The van der Waals surface area contributed by atoms with Crippen molar-refractivity contribution in [3.63, 3.8) is 0 Å². The fourth-order valence-corrected chi connectivity index (χ4v) is 0.867. The summed E-state index contributed by atoms with van der Waals surface area (Å²) in [7, 11) is 0. The summed E-state index contributed by atoms with van der Waals surface area (Å²) in [5.41, 5.74) is 5.53. The molecule has 0 spiro atoms. The molecule has 1 radical (unpaired) electrons. The van der Waals surface area contributed by atoms with Gasteiger partial charge in [0, 0.05) is 0 Å². The summed E-state index contributed by atoms with van der Waals surface area (Å²) in [6.45, 7) is 3.86. The Bertz CT molecular complexity index is 181. The second-order valence-corrected chi connectivity index (χ2v) is 2.28. The van der Waals surface area contributed by atoms with Gasteiger partial charge in [-0.05, 0) is 13.3 Å². The smallest absolute Gasteiger partial charge is 0.0870 e. The largest absolute Gasteiger partial charge is 0.154 e. The molecule has 49 valence electrons. The second-order valence-electron chi connectivity index (χ2n) is 1.90. The quantitative estimate of drug-likeness (QED) is 0.536. The van der Waals surface area contributed by atoms with E-state index in [1.54, 1.807) is 0 Å². The molecular weight excluding hydrogens is 136 g/mol. The van der Waals surface area contributed by atoms with Gasteiger partial charge in [0.1, 0.15) is 0 Å². The first-order valence-corrected chi connectivity index (χ1v) is 3.27. The van der Waals surface area contributed by atoms with Crippen LogP contribution >= 0.6 is 11.6 Å². The normalized spacial score (nSPS) is 17.9. The van der Waals surface area contributed by atoms with Crippen molar-refractivity contribution in [3.8, 4) is 0 Å². The van der Waals surface area contributed by atoms with Crippen molar-refractivity contribution in [2.45, 2.75) is 20.3 Å². The van der Waals surface area contributed by atoms with Gasteiger partial charge in [-0.2, -0.15) is 10.5 Å². The maximum Gasteiger partial charge on any atom is 0.0870 e. The lowest BCUT2D eigenvalue weighted by Gasteiger charge is -1.89. The van der Waals surface area contributed by atoms with Gasteiger partial charge in [0.05, 0.1) is 16.4 Å². The van der Waals surface area contributed by atoms with Crippen LogP contribution in [0, 0.1) is 0 Å². The fourth-order valence-electron chi connectivity index (χ4n) is 0.658. The molecule has 9 heavy (non-hydrogen) atoms. The minimum absolute atomic E-state index is 0.720. The number of halogens is 1. The molecule has 0 aromatic heterocycles. The van der Waals surface area contributed by atoms with Crippen LogP contribution < -0.4 is 5.43 Å². The first-order valence-electron chi connectivity index (χ1n) is 2.90. The first kappa shape index (κ1) is 6.62. The van der Waals surface area contributed by atoms with E-state index in [9.17, 15) is 0 Å². The minimum atomic E-state index is 0.720. The second kappa shape index (κ2) is 2.40. The molecule has 1 aliphatic rings. The monoisotopic (exact) mass is 143 g/mol. The van der Waals surface area contributed by atoms with Crippen LogP contribution in [0.2, 0.25) is 0 Å². The van der Waals surface area contributed by atoms with Crippen molar-refractivity contribution < 1.29 is 0 Å². The number of rotatable bonds is 1. The van der Waals surface area contributed by atoms with Gasteiger partial charge in [-0.25, -0.2) is 0 Å². The molecule has 0 N–H and O–H groups in total. The van der Waals surface area contributed by atoms with Gasteiger partial charge in [0.2, 0.25) is 0 Å². The van der Waals surface area contributed by atoms with Gasteiger partial charge in [0.15, 0.2) is 0 Å². The van der Waals surface area contributed by atoms with Gasteiger partial charge < -0.3 is 0 Å². The molecule has 0 atom stereocenters. The molecule has 0 saturated carbocycles. The molecule has 2 nitrogen and oxygen atoms in total. The molecule has 0 aromatic carbocycles. The minimum Gasteiger partial charge on any atom is -0.154 e. The van der Waals surface area contributed by atoms with Gasteiger partial charge >= 0.3 is 0 Å². The number of allylic oxidation sites excluding steroid dienone is 2. The Morgan fingerprint density at radius 1 is 1.56 bits per heavy atom. The van der Waals surface area contributed by atoms with E-state index >= 15 is 0 Å². The molecule has 0 unspecified atom stereocenters. The van der Waals surface area contributed by atoms with E-state index in [0.717, 1.165) is 22.9 Å². The number of hydrogen-bond donors (Lipinski definition) is 0. The molecule has 0 bridgehead atoms. The third-order valence-electron chi connectivity index (χ3n) is 1.23. The Balaban J connectivity index is 2.79. The van der Waals surface area contributed by atoms with Crippen molar-refractivity contribution in [1.29, 1.82) is 0 Å². The van der Waals surface area contributed by atoms with E-state index in [4.69, 9.17) is 11.6 Å². The molecule has 0 amide bonds. The third-order valence-corrected chi connectivity index (χ3v) is 1.72. The van der Waals surface area contributed by atoms with E-state index < -0.39 is 0 Å². The van der Waals surface area contributed by atoms with Crippen LogP contribution in [-0.4, -0.2) is 5.71 Å². The topological polar surface area (TPSA) is 26.5 Å². The van der Waals surface area contributed by atoms with Gasteiger partial charge in [-0.3, -0.25) is 0 Å². The average Bonchev–Trinajstić information content (AvgIpc) is 2.15. The maximum absolute atomic E-state index is 5.78. The van der Waals surface area contributed by atoms with E-state index in [0.29, 0.717) is 0 Å². The molecule has 0 aromatic rings. The summed E-state index contributed by atoms with van der Waals surface area (Å²) in [5.74, 6) is 0. The van der Waals surface area contributed by atoms with Crippen LogP contribution in [0.3, 0.4) is 0 Å². The van der Waals surface area contributed by atoms with E-state index in [2.05, 4.69) is 10.5 Å². The zero-order chi connectivity index (χ0) is 6.85. The highest BCUT2D eigenvalue weighted by molar-refractivity contribution is 6.44. The summed E-state index contributed by atoms with van der Waals surface area (Å²) in [6, 6.07) is 0. The molecule has 0 fully saturated rings. The molecule has 0 aliphatic carbocycles. The van der Waals surface area contributed by atoms with E-state index in [1.807, 2.05) is 13.8 Å². The fraction of sp³-hybridized carbons (Fsp3) is 0.500. The van der Waals surface area contributed by atoms with Crippen molar-refractivity contribution in [3.05, 3.63) is 10.7 Å². The number of nitrogens with zero attached hydrogens (tertiary/aromatic N) is 2. The summed E-state index contributed by atoms with van der Waals surface area (Å²) in [4.78, 5) is 0. The zero-order valence-corrected chi connectivity index (χ0v) is 6.24. The maximum atomic E-state index is 5.78. The summed E-state index contributed by atoms with van der Waals surface area (Å²) < 4.78 is 0. The van der Waals surface area contributed by atoms with Crippen LogP contribution in [0.15, 0.2) is 15.8 Å². The lowest BCUT2D eigenvalue weighted by atomic mass is 10.2. The van der Waals surface area contributed by atoms with E-state index in [1.165, 1.54) is 0 Å². The lowest BCUT2D eigenvalue weighted by Crippen LogP contribution is -1.90. The number of hydrogen-bond acceptors (Lipinski definition) is 1. The van der Waals surface area contributed by atoms with Gasteiger partial charge in [-0.15, -0.1) is 0 Å². The van der Waals surface area contributed by atoms with Gasteiger partial charge in [0.25, 0.3) is 0 Å². The Morgan fingerprint density at radius 3 is 2.44 bits per heavy atom. The SMILES string of the molecule is CCC1=N[N]C(C)=C1Cl. The third kappa shape index (κ3) is 1.08. The Hall–Kier alpha value is -0.500. The molecule has 1 aliphatic heterocycles. The first-order chi connectivity index (χ1) is 4.25. The summed E-state index contributed by atoms with van der Waals surface area (Å²) >= 11 is 5.78. The van der Waals surface area contributed by atoms with Crippen LogP contribution in [0.5, 0.6) is 0 Å². The van der Waals surface area contributed by atoms with Crippen LogP contribution in [0.25, 0.3) is 0 Å². The summed E-state index contributed by atoms with van der Waals surface area (Å²) in [6.07, 6.45) is 0.861.